The van der Waals surface area contributed by atoms with Crippen LogP contribution in [0.15, 0.2) is 12.3 Å². The molecule has 0 spiro atoms. The number of halogens is 5. The number of anilines is 1. The van der Waals surface area contributed by atoms with E-state index in [-0.39, 0.29) is 46.8 Å². The van der Waals surface area contributed by atoms with Crippen LogP contribution in [-0.2, 0) is 4.74 Å². The van der Waals surface area contributed by atoms with Crippen LogP contribution in [0.1, 0.15) is 65.4 Å². The third kappa shape index (κ3) is 6.30. The number of aliphatic hydroxyl groups is 1. The summed E-state index contributed by atoms with van der Waals surface area (Å²) in [7, 11) is 0. The van der Waals surface area contributed by atoms with Crippen LogP contribution in [0.25, 0.3) is 10.4 Å². The van der Waals surface area contributed by atoms with Crippen molar-refractivity contribution in [3.8, 4) is 10.4 Å². The second-order valence-corrected chi connectivity index (χ2v) is 10.5. The maximum Gasteiger partial charge on any atom is 0.408 e. The predicted molar refractivity (Wildman–Crippen MR) is 132 cm³/mol. The molecule has 2 aromatic rings. The van der Waals surface area contributed by atoms with E-state index in [4.69, 9.17) is 4.74 Å². The van der Waals surface area contributed by atoms with Crippen LogP contribution in [-0.4, -0.2) is 82.0 Å². The Morgan fingerprint density at radius 3 is 2.62 bits per heavy atom. The molecule has 214 valence electrons. The monoisotopic (exact) mass is 577 g/mol. The molecule has 2 amide bonds. The maximum atomic E-state index is 14.2. The zero-order valence-corrected chi connectivity index (χ0v) is 21.9. The Morgan fingerprint density at radius 2 is 2.05 bits per heavy atom. The number of nitrogens with one attached hydrogen (secondary N) is 2. The summed E-state index contributed by atoms with van der Waals surface area (Å²) < 4.78 is 73.2. The zero-order valence-electron chi connectivity index (χ0n) is 21.1. The third-order valence-electron chi connectivity index (χ3n) is 6.75. The number of aromatic nitrogens is 2. The number of aliphatic hydroxyl groups excluding tert-OH is 1. The van der Waals surface area contributed by atoms with E-state index >= 15 is 0 Å². The number of carbonyl (C=O) groups excluding carboxylic acids is 2. The van der Waals surface area contributed by atoms with Gasteiger partial charge < -0.3 is 25.4 Å². The highest BCUT2D eigenvalue weighted by Crippen LogP contribution is 2.39. The van der Waals surface area contributed by atoms with Crippen LogP contribution in [0, 0.1) is 0 Å². The third-order valence-corrected chi connectivity index (χ3v) is 7.83. The molecule has 0 aliphatic carbocycles. The normalized spacial score (nSPS) is 22.4. The SMILES string of the molecule is CC[C@H](Nc1cc(C(F)F)c(-c2sc(C(=O)N[C@H]3COC[C@H]3O)nc2C(=O)N2CCC[C@@H]2C)cn1)C(F)(F)F. The lowest BCUT2D eigenvalue weighted by Crippen LogP contribution is -2.42. The van der Waals surface area contributed by atoms with Crippen LogP contribution in [0.3, 0.4) is 0 Å². The molecule has 2 aliphatic rings. The topological polar surface area (TPSA) is 117 Å². The number of rotatable bonds is 8. The Bertz CT molecular complexity index is 1210. The maximum absolute atomic E-state index is 14.2. The molecule has 0 aromatic carbocycles. The lowest BCUT2D eigenvalue weighted by atomic mass is 10.1. The number of alkyl halides is 5. The second kappa shape index (κ2) is 11.7. The van der Waals surface area contributed by atoms with Crippen molar-refractivity contribution in [2.75, 3.05) is 25.1 Å². The number of amides is 2. The molecule has 2 aliphatic heterocycles. The number of ether oxygens (including phenoxy) is 1. The first-order chi connectivity index (χ1) is 18.4. The summed E-state index contributed by atoms with van der Waals surface area (Å²) in [6.45, 7) is 3.64. The average Bonchev–Trinajstić information content (AvgIpc) is 3.61. The molecule has 39 heavy (non-hydrogen) atoms. The molecule has 4 heterocycles. The van der Waals surface area contributed by atoms with E-state index in [2.05, 4.69) is 20.6 Å². The second-order valence-electron chi connectivity index (χ2n) is 9.48. The van der Waals surface area contributed by atoms with Gasteiger partial charge in [-0.1, -0.05) is 6.92 Å². The minimum absolute atomic E-state index is 0.0294. The average molecular weight is 578 g/mol. The molecule has 4 rings (SSSR count). The molecule has 0 unspecified atom stereocenters. The fourth-order valence-corrected chi connectivity index (χ4v) is 5.53. The largest absolute Gasteiger partial charge is 0.408 e. The highest BCUT2D eigenvalue weighted by atomic mass is 32.1. The summed E-state index contributed by atoms with van der Waals surface area (Å²) in [5.41, 5.74) is -1.11. The van der Waals surface area contributed by atoms with Crippen molar-refractivity contribution < 1.29 is 41.4 Å². The van der Waals surface area contributed by atoms with Crippen molar-refractivity contribution in [3.63, 3.8) is 0 Å². The van der Waals surface area contributed by atoms with Crippen LogP contribution in [0.2, 0.25) is 0 Å². The summed E-state index contributed by atoms with van der Waals surface area (Å²) >= 11 is 0.687. The van der Waals surface area contributed by atoms with E-state index in [0.29, 0.717) is 17.9 Å². The van der Waals surface area contributed by atoms with E-state index in [1.165, 1.54) is 11.8 Å². The summed E-state index contributed by atoms with van der Waals surface area (Å²) in [4.78, 5) is 36.0. The Labute approximate surface area is 224 Å². The quantitative estimate of drug-likeness (QED) is 0.406. The van der Waals surface area contributed by atoms with E-state index in [9.17, 15) is 36.6 Å². The van der Waals surface area contributed by atoms with E-state index in [1.54, 1.807) is 0 Å². The van der Waals surface area contributed by atoms with Crippen molar-refractivity contribution in [1.29, 1.82) is 0 Å². The molecule has 0 bridgehead atoms. The van der Waals surface area contributed by atoms with Crippen LogP contribution in [0.5, 0.6) is 0 Å². The van der Waals surface area contributed by atoms with Gasteiger partial charge in [-0.3, -0.25) is 9.59 Å². The van der Waals surface area contributed by atoms with E-state index < -0.39 is 54.0 Å². The van der Waals surface area contributed by atoms with E-state index in [1.807, 2.05) is 6.92 Å². The summed E-state index contributed by atoms with van der Waals surface area (Å²) in [5, 5.41) is 14.5. The summed E-state index contributed by atoms with van der Waals surface area (Å²) in [6, 6.07) is -2.04. The molecular formula is C24H28F5N5O4S. The van der Waals surface area contributed by atoms with Gasteiger partial charge in [-0.05, 0) is 32.3 Å². The molecule has 2 fully saturated rings. The molecule has 0 radical (unpaired) electrons. The van der Waals surface area contributed by atoms with Gasteiger partial charge in [0.15, 0.2) is 5.01 Å². The van der Waals surface area contributed by atoms with Crippen molar-refractivity contribution in [2.45, 2.75) is 69.9 Å². The van der Waals surface area contributed by atoms with Crippen molar-refractivity contribution in [2.24, 2.45) is 0 Å². The number of hydrogen-bond acceptors (Lipinski definition) is 8. The van der Waals surface area contributed by atoms with Crippen molar-refractivity contribution >= 4 is 29.0 Å². The lowest BCUT2D eigenvalue weighted by molar-refractivity contribution is -0.142. The molecule has 4 atom stereocenters. The first-order valence-corrected chi connectivity index (χ1v) is 13.2. The number of pyridine rings is 1. The van der Waals surface area contributed by atoms with Crippen LogP contribution >= 0.6 is 11.3 Å². The van der Waals surface area contributed by atoms with Gasteiger partial charge in [0.2, 0.25) is 0 Å². The van der Waals surface area contributed by atoms with Gasteiger partial charge in [0.1, 0.15) is 17.6 Å². The Balaban J connectivity index is 1.74. The number of carbonyl (C=O) groups is 2. The number of nitrogens with zero attached hydrogens (tertiary/aromatic N) is 3. The van der Waals surface area contributed by atoms with Crippen LogP contribution < -0.4 is 10.6 Å². The van der Waals surface area contributed by atoms with Crippen molar-refractivity contribution in [3.05, 3.63) is 28.5 Å². The lowest BCUT2D eigenvalue weighted by Gasteiger charge is -2.22. The first kappa shape index (κ1) is 29.1. The van der Waals surface area contributed by atoms with Crippen molar-refractivity contribution in [1.82, 2.24) is 20.2 Å². The molecular weight excluding hydrogens is 549 g/mol. The molecule has 3 N–H and O–H groups in total. The predicted octanol–water partition coefficient (Wildman–Crippen LogP) is 4.01. The van der Waals surface area contributed by atoms with Gasteiger partial charge >= 0.3 is 6.18 Å². The minimum Gasteiger partial charge on any atom is -0.388 e. The van der Waals surface area contributed by atoms with Gasteiger partial charge in [0, 0.05) is 29.9 Å². The van der Waals surface area contributed by atoms with Gasteiger partial charge in [-0.25, -0.2) is 18.7 Å². The Hall–Kier alpha value is -2.91. The first-order valence-electron chi connectivity index (χ1n) is 12.4. The summed E-state index contributed by atoms with van der Waals surface area (Å²) in [6.07, 6.45) is -6.61. The number of thiazole rings is 1. The zero-order chi connectivity index (χ0) is 28.5. The van der Waals surface area contributed by atoms with Gasteiger partial charge in [0.25, 0.3) is 18.2 Å². The molecule has 2 saturated heterocycles. The van der Waals surface area contributed by atoms with Gasteiger partial charge in [0.05, 0.1) is 30.2 Å². The standard InChI is InChI=1S/C24H28F5N5O4S/c1-3-16(24(27,28)29)32-17-7-12(20(25)26)13(8-30-17)19-18(23(37)34-6-4-5-11(34)2)33-22(39-19)21(36)31-14-9-38-10-15(14)35/h7-8,11,14-16,20,35H,3-6,9-10H2,1-2H3,(H,30,32)(H,31,36)/t11-,14-,15+,16-/m0/s1. The Morgan fingerprint density at radius 1 is 1.31 bits per heavy atom. The molecule has 9 nitrogen and oxygen atoms in total. The Kier molecular flexibility index (Phi) is 8.71. The molecule has 0 saturated carbocycles. The molecule has 2 aromatic heterocycles. The summed E-state index contributed by atoms with van der Waals surface area (Å²) in [5.74, 6) is -1.69. The molecule has 15 heteroatoms. The van der Waals surface area contributed by atoms with Gasteiger partial charge in [-0.15, -0.1) is 11.3 Å². The fourth-order valence-electron chi connectivity index (χ4n) is 4.54. The number of hydrogen-bond donors (Lipinski definition) is 3. The smallest absolute Gasteiger partial charge is 0.388 e. The van der Waals surface area contributed by atoms with Gasteiger partial charge in [-0.2, -0.15) is 13.2 Å². The highest BCUT2D eigenvalue weighted by Gasteiger charge is 2.39. The highest BCUT2D eigenvalue weighted by molar-refractivity contribution is 7.17. The van der Waals surface area contributed by atoms with E-state index in [0.717, 1.165) is 25.1 Å². The minimum atomic E-state index is -4.62. The number of likely N-dealkylation sites (tertiary alicyclic amines) is 1. The van der Waals surface area contributed by atoms with Crippen LogP contribution in [0.4, 0.5) is 27.8 Å². The fraction of sp³-hybridized carbons (Fsp3) is 0.583.